The number of nitrogens with zero attached hydrogens (tertiary/aromatic N) is 1. The molecule has 24 heavy (non-hydrogen) atoms. The van der Waals surface area contributed by atoms with Gasteiger partial charge in [0, 0.05) is 32.5 Å². The van der Waals surface area contributed by atoms with Gasteiger partial charge in [0.1, 0.15) is 0 Å². The third kappa shape index (κ3) is 4.29. The van der Waals surface area contributed by atoms with Crippen molar-refractivity contribution in [3.8, 4) is 0 Å². The van der Waals surface area contributed by atoms with Crippen molar-refractivity contribution < 1.29 is 14.4 Å². The SMILES string of the molecule is O=P(O)(O)CCCCN1c2ccc(Cl)cc2Sc2cc(Cl)ccc21. The molecule has 0 saturated carbocycles. The van der Waals surface area contributed by atoms with E-state index in [1.54, 1.807) is 11.8 Å². The van der Waals surface area contributed by atoms with Gasteiger partial charge in [-0.2, -0.15) is 0 Å². The predicted molar refractivity (Wildman–Crippen MR) is 100 cm³/mol. The summed E-state index contributed by atoms with van der Waals surface area (Å²) in [6.07, 6.45) is 1.07. The Hall–Kier alpha value is -0.680. The lowest BCUT2D eigenvalue weighted by Gasteiger charge is -2.33. The van der Waals surface area contributed by atoms with Crippen LogP contribution in [-0.2, 0) is 4.57 Å². The Kier molecular flexibility index (Phi) is 5.50. The molecule has 0 amide bonds. The fraction of sp³-hybridized carbons (Fsp3) is 0.250. The molecule has 2 aromatic rings. The number of hydrogen-bond donors (Lipinski definition) is 2. The quantitative estimate of drug-likeness (QED) is 0.505. The van der Waals surface area contributed by atoms with Gasteiger partial charge in [-0.15, -0.1) is 0 Å². The van der Waals surface area contributed by atoms with Crippen LogP contribution in [-0.4, -0.2) is 22.5 Å². The van der Waals surface area contributed by atoms with Crippen molar-refractivity contribution in [2.75, 3.05) is 17.6 Å². The van der Waals surface area contributed by atoms with Crippen LogP contribution in [0.2, 0.25) is 10.0 Å². The van der Waals surface area contributed by atoms with Gasteiger partial charge in [0.15, 0.2) is 0 Å². The van der Waals surface area contributed by atoms with E-state index < -0.39 is 7.60 Å². The van der Waals surface area contributed by atoms with Crippen molar-refractivity contribution in [1.82, 2.24) is 0 Å². The first kappa shape index (κ1) is 18.1. The smallest absolute Gasteiger partial charge is 0.325 e. The molecule has 0 radical (unpaired) electrons. The van der Waals surface area contributed by atoms with Gasteiger partial charge in [0.05, 0.1) is 11.4 Å². The summed E-state index contributed by atoms with van der Waals surface area (Å²) in [4.78, 5) is 22.2. The Balaban J connectivity index is 1.86. The Morgan fingerprint density at radius 2 is 1.50 bits per heavy atom. The average Bonchev–Trinajstić information content (AvgIpc) is 2.49. The zero-order valence-electron chi connectivity index (χ0n) is 12.7. The van der Waals surface area contributed by atoms with E-state index in [4.69, 9.17) is 33.0 Å². The van der Waals surface area contributed by atoms with Crippen LogP contribution >= 0.6 is 42.6 Å². The summed E-state index contributed by atoms with van der Waals surface area (Å²) in [6.45, 7) is 0.670. The summed E-state index contributed by atoms with van der Waals surface area (Å²) in [5, 5.41) is 1.35. The van der Waals surface area contributed by atoms with E-state index in [2.05, 4.69) is 4.90 Å². The second kappa shape index (κ2) is 7.28. The molecule has 4 nitrogen and oxygen atoms in total. The van der Waals surface area contributed by atoms with Crippen molar-refractivity contribution >= 4 is 53.9 Å². The van der Waals surface area contributed by atoms with Crippen LogP contribution in [0.5, 0.6) is 0 Å². The maximum Gasteiger partial charge on any atom is 0.325 e. The van der Waals surface area contributed by atoms with E-state index in [0.29, 0.717) is 29.4 Å². The van der Waals surface area contributed by atoms with Crippen molar-refractivity contribution in [3.63, 3.8) is 0 Å². The van der Waals surface area contributed by atoms with E-state index in [0.717, 1.165) is 21.2 Å². The molecule has 3 rings (SSSR count). The minimum atomic E-state index is -3.94. The molecule has 0 aromatic heterocycles. The molecule has 0 bridgehead atoms. The monoisotopic (exact) mass is 403 g/mol. The predicted octanol–water partition coefficient (Wildman–Crippen LogP) is 5.55. The van der Waals surface area contributed by atoms with E-state index in [1.165, 1.54) is 0 Å². The number of halogens is 2. The highest BCUT2D eigenvalue weighted by molar-refractivity contribution is 7.99. The fourth-order valence-corrected chi connectivity index (χ4v) is 4.95. The van der Waals surface area contributed by atoms with Gasteiger partial charge < -0.3 is 14.7 Å². The number of rotatable bonds is 5. The van der Waals surface area contributed by atoms with Crippen molar-refractivity contribution in [1.29, 1.82) is 0 Å². The Morgan fingerprint density at radius 1 is 0.958 bits per heavy atom. The largest absolute Gasteiger partial charge is 0.340 e. The molecule has 2 N–H and O–H groups in total. The lowest BCUT2D eigenvalue weighted by Crippen LogP contribution is -2.22. The van der Waals surface area contributed by atoms with Gasteiger partial charge in [-0.05, 0) is 49.2 Å². The number of hydrogen-bond acceptors (Lipinski definition) is 3. The lowest BCUT2D eigenvalue weighted by atomic mass is 10.2. The number of unbranched alkanes of at least 4 members (excludes halogenated alkanes) is 1. The molecule has 0 saturated heterocycles. The second-order valence-electron chi connectivity index (χ2n) is 5.57. The Labute approximate surface area is 154 Å². The molecule has 0 aliphatic carbocycles. The molecule has 0 fully saturated rings. The van der Waals surface area contributed by atoms with E-state index in [9.17, 15) is 4.57 Å². The van der Waals surface area contributed by atoms with Crippen LogP contribution in [0.25, 0.3) is 0 Å². The van der Waals surface area contributed by atoms with E-state index >= 15 is 0 Å². The van der Waals surface area contributed by atoms with Crippen LogP contribution in [0.1, 0.15) is 12.8 Å². The summed E-state index contributed by atoms with van der Waals surface area (Å²) >= 11 is 13.9. The fourth-order valence-electron chi connectivity index (χ4n) is 2.66. The molecule has 0 unspecified atom stereocenters. The number of fused-ring (bicyclic) bond motifs is 2. The first-order valence-corrected chi connectivity index (χ1v) is 10.8. The summed E-state index contributed by atoms with van der Waals surface area (Å²) in [7, 11) is -3.94. The Bertz CT molecular complexity index is 760. The maximum atomic E-state index is 11.0. The molecular weight excluding hydrogens is 388 g/mol. The highest BCUT2D eigenvalue weighted by Gasteiger charge is 2.24. The highest BCUT2D eigenvalue weighted by atomic mass is 35.5. The van der Waals surface area contributed by atoms with Crippen LogP contribution in [0.4, 0.5) is 11.4 Å². The van der Waals surface area contributed by atoms with Crippen LogP contribution in [0.15, 0.2) is 46.2 Å². The van der Waals surface area contributed by atoms with Crippen molar-refractivity contribution in [2.24, 2.45) is 0 Å². The average molecular weight is 404 g/mol. The summed E-state index contributed by atoms with van der Waals surface area (Å²) in [5.41, 5.74) is 2.10. The molecule has 1 aliphatic rings. The van der Waals surface area contributed by atoms with Crippen molar-refractivity contribution in [3.05, 3.63) is 46.4 Å². The third-order valence-corrected chi connectivity index (χ3v) is 6.19. The first-order valence-electron chi connectivity index (χ1n) is 7.42. The molecule has 1 heterocycles. The highest BCUT2D eigenvalue weighted by Crippen LogP contribution is 2.49. The van der Waals surface area contributed by atoms with E-state index in [1.807, 2.05) is 36.4 Å². The van der Waals surface area contributed by atoms with Gasteiger partial charge in [-0.3, -0.25) is 4.57 Å². The molecule has 1 aliphatic heterocycles. The van der Waals surface area contributed by atoms with E-state index in [-0.39, 0.29) is 6.16 Å². The molecule has 0 spiro atoms. The molecule has 0 atom stereocenters. The zero-order valence-corrected chi connectivity index (χ0v) is 15.9. The van der Waals surface area contributed by atoms with Gasteiger partial charge in [0.25, 0.3) is 0 Å². The molecule has 8 heteroatoms. The normalized spacial score (nSPS) is 13.6. The maximum absolute atomic E-state index is 11.0. The summed E-state index contributed by atoms with van der Waals surface area (Å²) in [5.74, 6) is 0. The molecule has 128 valence electrons. The summed E-state index contributed by atoms with van der Waals surface area (Å²) in [6, 6.07) is 11.5. The van der Waals surface area contributed by atoms with Crippen molar-refractivity contribution in [2.45, 2.75) is 22.6 Å². The standard InChI is InChI=1S/C16H16Cl2NO3PS/c17-11-3-5-13-15(9-11)24-16-10-12(18)4-6-14(16)19(13)7-1-2-8-23(20,21)22/h3-6,9-10H,1-2,7-8H2,(H2,20,21,22). The lowest BCUT2D eigenvalue weighted by molar-refractivity contribution is 0.371. The van der Waals surface area contributed by atoms with Gasteiger partial charge in [-0.25, -0.2) is 0 Å². The number of anilines is 2. The molecule has 2 aromatic carbocycles. The minimum Gasteiger partial charge on any atom is -0.340 e. The first-order chi connectivity index (χ1) is 11.3. The third-order valence-electron chi connectivity index (χ3n) is 3.73. The van der Waals surface area contributed by atoms with Gasteiger partial charge in [-0.1, -0.05) is 35.0 Å². The van der Waals surface area contributed by atoms with Gasteiger partial charge >= 0.3 is 7.60 Å². The number of benzene rings is 2. The Morgan fingerprint density at radius 3 is 2.00 bits per heavy atom. The van der Waals surface area contributed by atoms with Crippen LogP contribution in [0.3, 0.4) is 0 Å². The zero-order chi connectivity index (χ0) is 17.3. The topological polar surface area (TPSA) is 60.8 Å². The van der Waals surface area contributed by atoms with Crippen LogP contribution < -0.4 is 4.90 Å². The van der Waals surface area contributed by atoms with Crippen LogP contribution in [0, 0.1) is 0 Å². The second-order valence-corrected chi connectivity index (χ2v) is 9.31. The van der Waals surface area contributed by atoms with Gasteiger partial charge in [0.2, 0.25) is 0 Å². The minimum absolute atomic E-state index is 0.0868. The summed E-state index contributed by atoms with van der Waals surface area (Å²) < 4.78 is 11.0. The molecular formula is C16H16Cl2NO3PS.